The lowest BCUT2D eigenvalue weighted by atomic mass is 9.96. The van der Waals surface area contributed by atoms with Crippen molar-refractivity contribution in [3.05, 3.63) is 35.5 Å². The summed E-state index contributed by atoms with van der Waals surface area (Å²) in [5, 5.41) is 1.37. The van der Waals surface area contributed by atoms with Crippen molar-refractivity contribution in [1.29, 1.82) is 0 Å². The highest BCUT2D eigenvalue weighted by Gasteiger charge is 2.09. The Hall–Kier alpha value is -1.28. The molecule has 0 saturated heterocycles. The Bertz CT molecular complexity index is 455. The maximum absolute atomic E-state index is 5.62. The van der Waals surface area contributed by atoms with E-state index >= 15 is 0 Å². The van der Waals surface area contributed by atoms with Gasteiger partial charge < -0.3 is 10.7 Å². The van der Waals surface area contributed by atoms with E-state index in [0.29, 0.717) is 12.5 Å². The molecule has 0 amide bonds. The van der Waals surface area contributed by atoms with Crippen LogP contribution in [0.15, 0.2) is 24.4 Å². The first-order valence-electron chi connectivity index (χ1n) is 5.53. The van der Waals surface area contributed by atoms with Gasteiger partial charge in [0.2, 0.25) is 0 Å². The van der Waals surface area contributed by atoms with E-state index in [0.717, 1.165) is 6.42 Å². The largest absolute Gasteiger partial charge is 0.361 e. The zero-order valence-electron chi connectivity index (χ0n) is 9.38. The second-order valence-electron chi connectivity index (χ2n) is 4.28. The molecule has 0 saturated carbocycles. The Morgan fingerprint density at radius 3 is 2.80 bits per heavy atom. The molecule has 2 heteroatoms. The van der Waals surface area contributed by atoms with Crippen molar-refractivity contribution in [2.45, 2.75) is 26.2 Å². The van der Waals surface area contributed by atoms with Gasteiger partial charge in [0.15, 0.2) is 0 Å². The fraction of sp³-hybridized carbons (Fsp3) is 0.385. The zero-order chi connectivity index (χ0) is 10.8. The number of hydrogen-bond acceptors (Lipinski definition) is 1. The van der Waals surface area contributed by atoms with Gasteiger partial charge in [0.1, 0.15) is 0 Å². The van der Waals surface area contributed by atoms with Crippen molar-refractivity contribution in [3.63, 3.8) is 0 Å². The van der Waals surface area contributed by atoms with E-state index in [4.69, 9.17) is 5.73 Å². The molecule has 2 nitrogen and oxygen atoms in total. The minimum Gasteiger partial charge on any atom is -0.361 e. The van der Waals surface area contributed by atoms with Crippen molar-refractivity contribution >= 4 is 10.9 Å². The summed E-state index contributed by atoms with van der Waals surface area (Å²) in [6.45, 7) is 5.17. The van der Waals surface area contributed by atoms with Gasteiger partial charge in [0.05, 0.1) is 0 Å². The van der Waals surface area contributed by atoms with Crippen LogP contribution < -0.4 is 5.73 Å². The Morgan fingerprint density at radius 1 is 1.33 bits per heavy atom. The minimum atomic E-state index is 0.557. The van der Waals surface area contributed by atoms with Crippen LogP contribution in [0.1, 0.15) is 30.9 Å². The molecule has 1 heterocycles. The maximum atomic E-state index is 5.62. The van der Waals surface area contributed by atoms with Gasteiger partial charge in [-0.05, 0) is 36.1 Å². The van der Waals surface area contributed by atoms with Gasteiger partial charge in [-0.15, -0.1) is 0 Å². The van der Waals surface area contributed by atoms with E-state index in [2.05, 4.69) is 43.2 Å². The molecule has 15 heavy (non-hydrogen) atoms. The Labute approximate surface area is 90.5 Å². The smallest absolute Gasteiger partial charge is 0.0459 e. The number of aromatic amines is 1. The lowest BCUT2D eigenvalue weighted by Crippen LogP contribution is -2.02. The SMILES string of the molecule is CC(C)c1cccc2[nH]cc(CCN)c12. The molecule has 2 aromatic rings. The predicted molar refractivity (Wildman–Crippen MR) is 65.1 cm³/mol. The quantitative estimate of drug-likeness (QED) is 0.789. The summed E-state index contributed by atoms with van der Waals surface area (Å²) in [7, 11) is 0. The average Bonchev–Trinajstić information content (AvgIpc) is 2.62. The standard InChI is InChI=1S/C13H18N2/c1-9(2)11-4-3-5-12-13(11)10(6-7-14)8-15-12/h3-5,8-9,15H,6-7,14H2,1-2H3. The van der Waals surface area contributed by atoms with Crippen LogP contribution in [0.3, 0.4) is 0 Å². The molecular weight excluding hydrogens is 184 g/mol. The number of benzene rings is 1. The lowest BCUT2D eigenvalue weighted by Gasteiger charge is -2.08. The summed E-state index contributed by atoms with van der Waals surface area (Å²) in [5.41, 5.74) is 9.61. The summed E-state index contributed by atoms with van der Waals surface area (Å²) in [4.78, 5) is 3.31. The molecule has 0 unspecified atom stereocenters. The van der Waals surface area contributed by atoms with Crippen molar-refractivity contribution < 1.29 is 0 Å². The highest BCUT2D eigenvalue weighted by atomic mass is 14.7. The van der Waals surface area contributed by atoms with Crippen LogP contribution in [0.25, 0.3) is 10.9 Å². The fourth-order valence-electron chi connectivity index (χ4n) is 2.12. The fourth-order valence-corrected chi connectivity index (χ4v) is 2.12. The molecule has 0 atom stereocenters. The Kier molecular flexibility index (Phi) is 2.78. The third-order valence-electron chi connectivity index (χ3n) is 2.86. The van der Waals surface area contributed by atoms with Gasteiger partial charge in [0.25, 0.3) is 0 Å². The summed E-state index contributed by atoms with van der Waals surface area (Å²) in [6.07, 6.45) is 3.03. The van der Waals surface area contributed by atoms with Crippen LogP contribution in [-0.4, -0.2) is 11.5 Å². The van der Waals surface area contributed by atoms with Gasteiger partial charge in [-0.3, -0.25) is 0 Å². The maximum Gasteiger partial charge on any atom is 0.0459 e. The van der Waals surface area contributed by atoms with Crippen molar-refractivity contribution in [1.82, 2.24) is 4.98 Å². The molecule has 0 aliphatic heterocycles. The Morgan fingerprint density at radius 2 is 2.13 bits per heavy atom. The van der Waals surface area contributed by atoms with Crippen LogP contribution >= 0.6 is 0 Å². The van der Waals surface area contributed by atoms with E-state index in [1.165, 1.54) is 22.0 Å². The molecule has 0 radical (unpaired) electrons. The molecule has 1 aromatic carbocycles. The number of rotatable bonds is 3. The topological polar surface area (TPSA) is 41.8 Å². The molecule has 1 aromatic heterocycles. The third kappa shape index (κ3) is 1.77. The highest BCUT2D eigenvalue weighted by Crippen LogP contribution is 2.28. The van der Waals surface area contributed by atoms with Gasteiger partial charge in [-0.2, -0.15) is 0 Å². The van der Waals surface area contributed by atoms with Crippen LogP contribution in [0, 0.1) is 0 Å². The first kappa shape index (κ1) is 10.2. The van der Waals surface area contributed by atoms with E-state index in [1.807, 2.05) is 0 Å². The van der Waals surface area contributed by atoms with Gasteiger partial charge in [0, 0.05) is 17.1 Å². The number of hydrogen-bond donors (Lipinski definition) is 2. The van der Waals surface area contributed by atoms with E-state index in [1.54, 1.807) is 0 Å². The van der Waals surface area contributed by atoms with E-state index < -0.39 is 0 Å². The zero-order valence-corrected chi connectivity index (χ0v) is 9.38. The molecule has 2 rings (SSSR count). The summed E-state index contributed by atoms with van der Waals surface area (Å²) < 4.78 is 0. The van der Waals surface area contributed by atoms with Crippen LogP contribution in [0.2, 0.25) is 0 Å². The van der Waals surface area contributed by atoms with Crippen molar-refractivity contribution in [3.8, 4) is 0 Å². The van der Waals surface area contributed by atoms with E-state index in [-0.39, 0.29) is 0 Å². The second-order valence-corrected chi connectivity index (χ2v) is 4.28. The predicted octanol–water partition coefficient (Wildman–Crippen LogP) is 2.79. The molecule has 0 spiro atoms. The average molecular weight is 202 g/mol. The second kappa shape index (κ2) is 4.07. The minimum absolute atomic E-state index is 0.557. The number of nitrogens with two attached hydrogens (primary N) is 1. The molecule has 0 bridgehead atoms. The lowest BCUT2D eigenvalue weighted by molar-refractivity contribution is 0.873. The van der Waals surface area contributed by atoms with Crippen LogP contribution in [0.5, 0.6) is 0 Å². The normalized spacial score (nSPS) is 11.5. The molecule has 0 aliphatic carbocycles. The van der Waals surface area contributed by atoms with E-state index in [9.17, 15) is 0 Å². The van der Waals surface area contributed by atoms with Crippen LogP contribution in [-0.2, 0) is 6.42 Å². The van der Waals surface area contributed by atoms with Crippen molar-refractivity contribution in [2.75, 3.05) is 6.54 Å². The van der Waals surface area contributed by atoms with Crippen molar-refractivity contribution in [2.24, 2.45) is 5.73 Å². The first-order chi connectivity index (χ1) is 7.24. The number of fused-ring (bicyclic) bond motifs is 1. The molecule has 80 valence electrons. The summed E-state index contributed by atoms with van der Waals surface area (Å²) in [6, 6.07) is 6.45. The monoisotopic (exact) mass is 202 g/mol. The molecular formula is C13H18N2. The summed E-state index contributed by atoms with van der Waals surface area (Å²) in [5.74, 6) is 0.557. The highest BCUT2D eigenvalue weighted by molar-refractivity contribution is 5.87. The number of nitrogens with one attached hydrogen (secondary N) is 1. The molecule has 0 fully saturated rings. The molecule has 0 aliphatic rings. The third-order valence-corrected chi connectivity index (χ3v) is 2.86. The molecule has 3 N–H and O–H groups in total. The van der Waals surface area contributed by atoms with Crippen LogP contribution in [0.4, 0.5) is 0 Å². The Balaban J connectivity index is 2.63. The number of aromatic nitrogens is 1. The number of H-pyrrole nitrogens is 1. The van der Waals surface area contributed by atoms with Gasteiger partial charge >= 0.3 is 0 Å². The van der Waals surface area contributed by atoms with Gasteiger partial charge in [-0.25, -0.2) is 0 Å². The van der Waals surface area contributed by atoms with Gasteiger partial charge in [-0.1, -0.05) is 26.0 Å². The summed E-state index contributed by atoms with van der Waals surface area (Å²) >= 11 is 0. The first-order valence-corrected chi connectivity index (χ1v) is 5.53.